The van der Waals surface area contributed by atoms with Crippen LogP contribution in [0.2, 0.25) is 0 Å². The molecule has 0 aliphatic carbocycles. The molecule has 0 saturated carbocycles. The summed E-state index contributed by atoms with van der Waals surface area (Å²) in [6.45, 7) is 2.96. The van der Waals surface area contributed by atoms with Gasteiger partial charge in [-0.25, -0.2) is 0 Å². The molecule has 22 heavy (non-hydrogen) atoms. The molecule has 2 fully saturated rings. The zero-order chi connectivity index (χ0) is 15.6. The molecule has 0 bridgehead atoms. The largest absolute Gasteiger partial charge is 0.358 e. The Bertz CT molecular complexity index is 560. The quantitative estimate of drug-likeness (QED) is 0.888. The third-order valence-electron chi connectivity index (χ3n) is 5.01. The minimum Gasteiger partial charge on any atom is -0.358 e. The number of carbonyl (C=O) groups excluding carboxylic acids is 2. The molecular weight excluding hydrogens is 278 g/mol. The van der Waals surface area contributed by atoms with Gasteiger partial charge in [0.25, 0.3) is 0 Å². The monoisotopic (exact) mass is 301 g/mol. The zero-order valence-corrected chi connectivity index (χ0v) is 13.0. The van der Waals surface area contributed by atoms with Crippen LogP contribution < -0.4 is 5.32 Å². The summed E-state index contributed by atoms with van der Waals surface area (Å²) in [5, 5.41) is 2.68. The molecule has 1 unspecified atom stereocenters. The van der Waals surface area contributed by atoms with Crippen molar-refractivity contribution in [2.75, 3.05) is 33.2 Å². The van der Waals surface area contributed by atoms with E-state index in [9.17, 15) is 9.59 Å². The minimum absolute atomic E-state index is 0.0405. The van der Waals surface area contributed by atoms with Gasteiger partial charge in [-0.2, -0.15) is 0 Å². The molecule has 1 aromatic rings. The Morgan fingerprint density at radius 3 is 2.55 bits per heavy atom. The number of nitrogens with zero attached hydrogens (tertiary/aromatic N) is 2. The van der Waals surface area contributed by atoms with Crippen LogP contribution in [0.5, 0.6) is 0 Å². The van der Waals surface area contributed by atoms with Crippen LogP contribution in [0.15, 0.2) is 30.3 Å². The van der Waals surface area contributed by atoms with Crippen LogP contribution in [0.4, 0.5) is 0 Å². The van der Waals surface area contributed by atoms with Gasteiger partial charge >= 0.3 is 0 Å². The van der Waals surface area contributed by atoms with Crippen molar-refractivity contribution in [3.8, 4) is 0 Å². The summed E-state index contributed by atoms with van der Waals surface area (Å²) in [5.41, 5.74) is 1.10. The van der Waals surface area contributed by atoms with Gasteiger partial charge < -0.3 is 10.2 Å². The van der Waals surface area contributed by atoms with E-state index in [4.69, 9.17) is 0 Å². The first-order valence-electron chi connectivity index (χ1n) is 7.90. The van der Waals surface area contributed by atoms with Gasteiger partial charge in [0, 0.05) is 32.2 Å². The van der Waals surface area contributed by atoms with Crippen molar-refractivity contribution in [1.29, 1.82) is 0 Å². The van der Waals surface area contributed by atoms with E-state index >= 15 is 0 Å². The summed E-state index contributed by atoms with van der Waals surface area (Å²) in [4.78, 5) is 28.2. The van der Waals surface area contributed by atoms with E-state index < -0.39 is 0 Å². The van der Waals surface area contributed by atoms with Crippen LogP contribution in [0.25, 0.3) is 0 Å². The first-order valence-corrected chi connectivity index (χ1v) is 7.90. The van der Waals surface area contributed by atoms with Crippen molar-refractivity contribution in [3.63, 3.8) is 0 Å². The molecule has 0 radical (unpaired) electrons. The average molecular weight is 301 g/mol. The van der Waals surface area contributed by atoms with E-state index in [-0.39, 0.29) is 17.4 Å². The summed E-state index contributed by atoms with van der Waals surface area (Å²) < 4.78 is 0. The van der Waals surface area contributed by atoms with Crippen LogP contribution in [0.3, 0.4) is 0 Å². The molecule has 2 saturated heterocycles. The van der Waals surface area contributed by atoms with Crippen LogP contribution in [-0.4, -0.2) is 60.4 Å². The lowest BCUT2D eigenvalue weighted by Crippen LogP contribution is -2.63. The number of hydrogen-bond donors (Lipinski definition) is 1. The second-order valence-corrected chi connectivity index (χ2v) is 6.30. The van der Waals surface area contributed by atoms with Crippen molar-refractivity contribution >= 4 is 11.8 Å². The first kappa shape index (κ1) is 15.0. The summed E-state index contributed by atoms with van der Waals surface area (Å²) in [5.74, 6) is 0.239. The minimum atomic E-state index is 0.0405. The highest BCUT2D eigenvalue weighted by Crippen LogP contribution is 2.38. The molecule has 2 aliphatic heterocycles. The van der Waals surface area contributed by atoms with Crippen molar-refractivity contribution in [1.82, 2.24) is 15.1 Å². The van der Waals surface area contributed by atoms with Crippen molar-refractivity contribution < 1.29 is 9.59 Å². The Balaban J connectivity index is 1.58. The van der Waals surface area contributed by atoms with E-state index in [1.54, 1.807) is 7.05 Å². The molecule has 1 spiro atoms. The Morgan fingerprint density at radius 2 is 1.91 bits per heavy atom. The predicted molar refractivity (Wildman–Crippen MR) is 84.3 cm³/mol. The first-order chi connectivity index (χ1) is 10.6. The van der Waals surface area contributed by atoms with E-state index in [0.29, 0.717) is 13.0 Å². The van der Waals surface area contributed by atoms with Gasteiger partial charge in [-0.15, -0.1) is 0 Å². The molecule has 1 aromatic carbocycles. The second kappa shape index (κ2) is 6.08. The summed E-state index contributed by atoms with van der Waals surface area (Å²) in [6.07, 6.45) is 2.52. The lowest BCUT2D eigenvalue weighted by molar-refractivity contribution is -0.131. The van der Waals surface area contributed by atoms with Gasteiger partial charge in [0.05, 0.1) is 13.0 Å². The molecule has 3 rings (SSSR count). The highest BCUT2D eigenvalue weighted by Gasteiger charge is 2.50. The Labute approximate surface area is 131 Å². The van der Waals surface area contributed by atoms with Crippen LogP contribution >= 0.6 is 0 Å². The fourth-order valence-electron chi connectivity index (χ4n) is 3.50. The maximum atomic E-state index is 12.5. The average Bonchev–Trinajstić information content (AvgIpc) is 3.00. The van der Waals surface area contributed by atoms with Crippen molar-refractivity contribution in [2.45, 2.75) is 24.8 Å². The van der Waals surface area contributed by atoms with Gasteiger partial charge in [0.15, 0.2) is 0 Å². The lowest BCUT2D eigenvalue weighted by atomic mass is 9.83. The Hall–Kier alpha value is -1.88. The zero-order valence-electron chi connectivity index (χ0n) is 13.0. The van der Waals surface area contributed by atoms with Gasteiger partial charge in [-0.05, 0) is 18.4 Å². The Kier molecular flexibility index (Phi) is 4.16. The van der Waals surface area contributed by atoms with Crippen LogP contribution in [-0.2, 0) is 16.0 Å². The summed E-state index contributed by atoms with van der Waals surface area (Å²) in [7, 11) is 1.67. The van der Waals surface area contributed by atoms with Gasteiger partial charge in [0.1, 0.15) is 0 Å². The van der Waals surface area contributed by atoms with E-state index in [0.717, 1.165) is 38.0 Å². The topological polar surface area (TPSA) is 52.7 Å². The molecular formula is C17H23N3O2. The van der Waals surface area contributed by atoms with Crippen LogP contribution in [0, 0.1) is 0 Å². The highest BCUT2D eigenvalue weighted by atomic mass is 16.2. The molecule has 2 heterocycles. The molecule has 2 amide bonds. The molecule has 1 atom stereocenters. The van der Waals surface area contributed by atoms with E-state index in [2.05, 4.69) is 10.2 Å². The number of carbonyl (C=O) groups is 2. The number of hydrogen-bond acceptors (Lipinski definition) is 3. The van der Waals surface area contributed by atoms with Crippen molar-refractivity contribution in [2.24, 2.45) is 0 Å². The SMILES string of the molecule is CNC(=O)CN1CCC12CCN(C(=O)Cc1ccccc1)C2. The second-order valence-electron chi connectivity index (χ2n) is 6.30. The molecule has 118 valence electrons. The molecule has 1 N–H and O–H groups in total. The number of benzene rings is 1. The van der Waals surface area contributed by atoms with Crippen molar-refractivity contribution in [3.05, 3.63) is 35.9 Å². The fourth-order valence-corrected chi connectivity index (χ4v) is 3.50. The predicted octanol–water partition coefficient (Wildman–Crippen LogP) is 0.652. The standard InChI is InChI=1S/C17H23N3O2/c1-18-15(21)12-20-10-8-17(20)7-9-19(13-17)16(22)11-14-5-3-2-4-6-14/h2-6H,7-13H2,1H3,(H,18,21). The molecule has 2 aliphatic rings. The summed E-state index contributed by atoms with van der Waals surface area (Å²) >= 11 is 0. The summed E-state index contributed by atoms with van der Waals surface area (Å²) in [6, 6.07) is 9.87. The lowest BCUT2D eigenvalue weighted by Gasteiger charge is -2.50. The number of amides is 2. The molecule has 5 heteroatoms. The fraction of sp³-hybridized carbons (Fsp3) is 0.529. The number of likely N-dealkylation sites (N-methyl/N-ethyl adjacent to an activating group) is 1. The third-order valence-corrected chi connectivity index (χ3v) is 5.01. The van der Waals surface area contributed by atoms with Gasteiger partial charge in [0.2, 0.25) is 11.8 Å². The normalized spacial score (nSPS) is 24.3. The highest BCUT2D eigenvalue weighted by molar-refractivity contribution is 5.80. The van der Waals surface area contributed by atoms with Gasteiger partial charge in [-0.3, -0.25) is 14.5 Å². The number of rotatable bonds is 4. The van der Waals surface area contributed by atoms with Crippen LogP contribution in [0.1, 0.15) is 18.4 Å². The number of nitrogens with one attached hydrogen (secondary N) is 1. The maximum Gasteiger partial charge on any atom is 0.233 e. The Morgan fingerprint density at radius 1 is 1.18 bits per heavy atom. The van der Waals surface area contributed by atoms with Gasteiger partial charge in [-0.1, -0.05) is 30.3 Å². The van der Waals surface area contributed by atoms with E-state index in [1.807, 2.05) is 35.2 Å². The third kappa shape index (κ3) is 2.86. The van der Waals surface area contributed by atoms with E-state index in [1.165, 1.54) is 0 Å². The number of likely N-dealkylation sites (tertiary alicyclic amines) is 2. The smallest absolute Gasteiger partial charge is 0.233 e. The molecule has 5 nitrogen and oxygen atoms in total. The maximum absolute atomic E-state index is 12.5. The molecule has 0 aromatic heterocycles.